The first-order valence-corrected chi connectivity index (χ1v) is 4.13. The Balaban J connectivity index is 0.000000500. The van der Waals surface area contributed by atoms with Gasteiger partial charge >= 0.3 is 0 Å². The molecule has 1 aromatic rings. The van der Waals surface area contributed by atoms with E-state index in [9.17, 15) is 0 Å². The van der Waals surface area contributed by atoms with Crippen LogP contribution in [0.3, 0.4) is 0 Å². The number of rotatable bonds is 3. The summed E-state index contributed by atoms with van der Waals surface area (Å²) in [5.41, 5.74) is 1.25. The van der Waals surface area contributed by atoms with Crippen molar-refractivity contribution >= 4 is 0 Å². The molecule has 0 aliphatic rings. The van der Waals surface area contributed by atoms with Crippen LogP contribution in [-0.4, -0.2) is 23.9 Å². The van der Waals surface area contributed by atoms with Gasteiger partial charge in [0, 0.05) is 0 Å². The molecule has 3 N–H and O–H groups in total. The van der Waals surface area contributed by atoms with E-state index < -0.39 is 0 Å². The van der Waals surface area contributed by atoms with Gasteiger partial charge in [0.25, 0.3) is 0 Å². The van der Waals surface area contributed by atoms with E-state index >= 15 is 0 Å². The summed E-state index contributed by atoms with van der Waals surface area (Å²) >= 11 is 0. The third kappa shape index (κ3) is 5.96. The maximum absolute atomic E-state index is 8.97. The highest BCUT2D eigenvalue weighted by molar-refractivity contribution is 5.25. The molecule has 5 heteroatoms. The first kappa shape index (κ1) is 12.4. The first-order valence-electron chi connectivity index (χ1n) is 4.13. The fourth-order valence-corrected chi connectivity index (χ4v) is 0.932. The highest BCUT2D eigenvalue weighted by Gasteiger charge is 1.90. The number of benzene rings is 1. The zero-order valence-corrected chi connectivity index (χ0v) is 7.97. The lowest BCUT2D eigenvalue weighted by molar-refractivity contribution is 0.312. The van der Waals surface area contributed by atoms with Crippen LogP contribution in [-0.2, 0) is 6.42 Å². The molecule has 0 amide bonds. The van der Waals surface area contributed by atoms with Crippen LogP contribution < -0.4 is 5.32 Å². The normalized spacial score (nSPS) is 8.64. The quantitative estimate of drug-likeness (QED) is 0.505. The Hall–Kier alpha value is -1.62. The van der Waals surface area contributed by atoms with Crippen molar-refractivity contribution in [2.75, 3.05) is 13.6 Å². The second-order valence-corrected chi connectivity index (χ2v) is 2.60. The largest absolute Gasteiger partial charge is 0.508 e. The lowest BCUT2D eigenvalue weighted by atomic mass is 10.1. The van der Waals surface area contributed by atoms with Gasteiger partial charge in [0.05, 0.1) is 0 Å². The maximum Gasteiger partial charge on any atom is 0.152 e. The minimum Gasteiger partial charge on any atom is -0.508 e. The molecule has 0 aliphatic heterocycles. The van der Waals surface area contributed by atoms with E-state index in [0.717, 1.165) is 13.0 Å². The van der Waals surface area contributed by atoms with Crippen LogP contribution in [0.1, 0.15) is 5.56 Å². The number of nitrogens with one attached hydrogen (secondary N) is 1. The van der Waals surface area contributed by atoms with E-state index in [-0.39, 0.29) is 0 Å². The van der Waals surface area contributed by atoms with Crippen molar-refractivity contribution in [3.63, 3.8) is 0 Å². The van der Waals surface area contributed by atoms with Crippen molar-refractivity contribution in [3.05, 3.63) is 34.7 Å². The van der Waals surface area contributed by atoms with Gasteiger partial charge in [-0.05, 0) is 37.7 Å². The SMILES string of the molecule is CNCCc1ccc(O)cc1.O=NO. The summed E-state index contributed by atoms with van der Waals surface area (Å²) < 4.78 is 0. The Kier molecular flexibility index (Phi) is 7.07. The van der Waals surface area contributed by atoms with E-state index in [2.05, 4.69) is 5.32 Å². The number of phenols is 1. The molecule has 0 unspecified atom stereocenters. The molecule has 0 saturated heterocycles. The van der Waals surface area contributed by atoms with Gasteiger partial charge in [0.1, 0.15) is 5.75 Å². The topological polar surface area (TPSA) is 81.9 Å². The van der Waals surface area contributed by atoms with Crippen molar-refractivity contribution in [1.29, 1.82) is 0 Å². The third-order valence-corrected chi connectivity index (χ3v) is 1.60. The Morgan fingerprint density at radius 2 is 1.86 bits per heavy atom. The van der Waals surface area contributed by atoms with Crippen molar-refractivity contribution in [1.82, 2.24) is 5.32 Å². The van der Waals surface area contributed by atoms with Crippen LogP contribution in [0.4, 0.5) is 0 Å². The van der Waals surface area contributed by atoms with Crippen LogP contribution >= 0.6 is 0 Å². The zero-order chi connectivity index (χ0) is 10.8. The molecule has 0 saturated carbocycles. The maximum atomic E-state index is 8.97. The third-order valence-electron chi connectivity index (χ3n) is 1.60. The molecule has 1 aromatic carbocycles. The van der Waals surface area contributed by atoms with E-state index in [1.54, 1.807) is 12.1 Å². The number of hydrogen-bond acceptors (Lipinski definition) is 4. The molecule has 0 atom stereocenters. The van der Waals surface area contributed by atoms with Gasteiger partial charge < -0.3 is 15.6 Å². The standard InChI is InChI=1S/C9H13NO.HNO2/c1-10-7-6-8-2-4-9(11)5-3-8;2-1-3/h2-5,10-11H,6-7H2,1H3;(H,2,3). The van der Waals surface area contributed by atoms with Gasteiger partial charge in [-0.1, -0.05) is 12.1 Å². The Labute approximate surface area is 82.3 Å². The number of likely N-dealkylation sites (N-methyl/N-ethyl adjacent to an activating group) is 1. The van der Waals surface area contributed by atoms with Crippen LogP contribution in [0.5, 0.6) is 5.75 Å². The average molecular weight is 198 g/mol. The van der Waals surface area contributed by atoms with E-state index in [4.69, 9.17) is 15.2 Å². The molecule has 14 heavy (non-hydrogen) atoms. The summed E-state index contributed by atoms with van der Waals surface area (Å²) in [4.78, 5) is 8.11. The van der Waals surface area contributed by atoms with Crippen molar-refractivity contribution < 1.29 is 10.3 Å². The first-order chi connectivity index (χ1) is 6.74. The number of hydrogen-bond donors (Lipinski definition) is 3. The van der Waals surface area contributed by atoms with Crippen LogP contribution in [0.15, 0.2) is 29.6 Å². The highest BCUT2D eigenvalue weighted by Crippen LogP contribution is 2.09. The lowest BCUT2D eigenvalue weighted by Gasteiger charge is -1.99. The number of nitrogens with zero attached hydrogens (tertiary/aromatic N) is 1. The second kappa shape index (κ2) is 8.00. The lowest BCUT2D eigenvalue weighted by Crippen LogP contribution is -2.09. The van der Waals surface area contributed by atoms with Gasteiger partial charge in [-0.2, -0.15) is 0 Å². The van der Waals surface area contributed by atoms with Crippen molar-refractivity contribution in [3.8, 4) is 5.75 Å². The summed E-state index contributed by atoms with van der Waals surface area (Å²) in [5.74, 6) is 0.332. The summed E-state index contributed by atoms with van der Waals surface area (Å²) in [7, 11) is 1.93. The molecule has 5 nitrogen and oxygen atoms in total. The molecule has 0 bridgehead atoms. The van der Waals surface area contributed by atoms with Crippen molar-refractivity contribution in [2.24, 2.45) is 5.34 Å². The minimum atomic E-state index is 0.332. The van der Waals surface area contributed by atoms with Gasteiger partial charge in [0.15, 0.2) is 5.34 Å². The molecule has 78 valence electrons. The fraction of sp³-hybridized carbons (Fsp3) is 0.333. The fourth-order valence-electron chi connectivity index (χ4n) is 0.932. The van der Waals surface area contributed by atoms with E-state index in [1.807, 2.05) is 19.2 Å². The predicted molar refractivity (Wildman–Crippen MR) is 53.3 cm³/mol. The summed E-state index contributed by atoms with van der Waals surface area (Å²) in [6, 6.07) is 7.30. The molecule has 0 radical (unpaired) electrons. The van der Waals surface area contributed by atoms with Gasteiger partial charge in [0.2, 0.25) is 0 Å². The Bertz CT molecular complexity index is 249. The molecule has 0 aliphatic carbocycles. The van der Waals surface area contributed by atoms with Crippen LogP contribution in [0, 0.1) is 4.91 Å². The van der Waals surface area contributed by atoms with Gasteiger partial charge in [-0.15, -0.1) is 4.91 Å². The predicted octanol–water partition coefficient (Wildman–Crippen LogP) is 1.30. The van der Waals surface area contributed by atoms with Crippen LogP contribution in [0.25, 0.3) is 0 Å². The summed E-state index contributed by atoms with van der Waals surface area (Å²) in [6.45, 7) is 0.977. The van der Waals surface area contributed by atoms with Gasteiger partial charge in [-0.25, -0.2) is 0 Å². The molecule has 0 fully saturated rings. The van der Waals surface area contributed by atoms with E-state index in [1.165, 1.54) is 10.9 Å². The monoisotopic (exact) mass is 198 g/mol. The highest BCUT2D eigenvalue weighted by atomic mass is 16.6. The molecule has 0 heterocycles. The molecule has 1 rings (SSSR count). The molecular weight excluding hydrogens is 184 g/mol. The summed E-state index contributed by atoms with van der Waals surface area (Å²) in [6.07, 6.45) is 1.01. The summed E-state index contributed by atoms with van der Waals surface area (Å²) in [5, 5.41) is 19.9. The Morgan fingerprint density at radius 3 is 2.29 bits per heavy atom. The van der Waals surface area contributed by atoms with Crippen LogP contribution in [0.2, 0.25) is 0 Å². The molecule has 0 aromatic heterocycles. The van der Waals surface area contributed by atoms with Gasteiger partial charge in [-0.3, -0.25) is 0 Å². The average Bonchev–Trinajstić information content (AvgIpc) is 2.18. The van der Waals surface area contributed by atoms with E-state index in [0.29, 0.717) is 5.75 Å². The number of aromatic hydroxyl groups is 1. The Morgan fingerprint density at radius 1 is 1.36 bits per heavy atom. The minimum absolute atomic E-state index is 0.332. The number of phenolic OH excluding ortho intramolecular Hbond substituents is 1. The second-order valence-electron chi connectivity index (χ2n) is 2.60. The van der Waals surface area contributed by atoms with Crippen molar-refractivity contribution in [2.45, 2.75) is 6.42 Å². The smallest absolute Gasteiger partial charge is 0.152 e. The molecule has 0 spiro atoms. The molecular formula is C9H14N2O3. The zero-order valence-electron chi connectivity index (χ0n) is 7.97.